The summed E-state index contributed by atoms with van der Waals surface area (Å²) in [6, 6.07) is 6.88. The maximum atomic E-state index is 12.4. The van der Waals surface area contributed by atoms with Crippen LogP contribution in [0, 0.1) is 5.41 Å². The third kappa shape index (κ3) is 3.27. The standard InChI is InChI=1S/C18H20N4O2/c1-11-8-12(10-18(2,3)9-11)19-22-17(24)15-13-6-4-5-7-14(13)16(23)21-20-15/h4-8H,9-10H2,1-3H3,(H,21,23)(H,22,24). The van der Waals surface area contributed by atoms with Gasteiger partial charge in [0.2, 0.25) is 0 Å². The van der Waals surface area contributed by atoms with E-state index < -0.39 is 5.91 Å². The van der Waals surface area contributed by atoms with Crippen LogP contribution in [0.4, 0.5) is 0 Å². The molecular formula is C18H20N4O2. The van der Waals surface area contributed by atoms with Crippen molar-refractivity contribution in [1.29, 1.82) is 0 Å². The van der Waals surface area contributed by atoms with Gasteiger partial charge in [-0.3, -0.25) is 9.59 Å². The van der Waals surface area contributed by atoms with Crippen LogP contribution in [0.2, 0.25) is 0 Å². The van der Waals surface area contributed by atoms with Gasteiger partial charge in [0.1, 0.15) is 0 Å². The molecule has 6 heteroatoms. The highest BCUT2D eigenvalue weighted by molar-refractivity contribution is 6.05. The van der Waals surface area contributed by atoms with Crippen LogP contribution in [0.5, 0.6) is 0 Å². The van der Waals surface area contributed by atoms with Gasteiger partial charge >= 0.3 is 0 Å². The van der Waals surface area contributed by atoms with E-state index in [1.165, 1.54) is 5.57 Å². The number of benzene rings is 1. The lowest BCUT2D eigenvalue weighted by atomic mass is 9.77. The summed E-state index contributed by atoms with van der Waals surface area (Å²) in [6.45, 7) is 6.42. The Balaban J connectivity index is 1.89. The van der Waals surface area contributed by atoms with Crippen molar-refractivity contribution in [3.8, 4) is 0 Å². The predicted molar refractivity (Wildman–Crippen MR) is 94.0 cm³/mol. The molecule has 3 rings (SSSR count). The number of hydrogen-bond acceptors (Lipinski definition) is 4. The van der Waals surface area contributed by atoms with Gasteiger partial charge in [-0.25, -0.2) is 10.5 Å². The summed E-state index contributed by atoms with van der Waals surface area (Å²) >= 11 is 0. The molecule has 1 amide bonds. The van der Waals surface area contributed by atoms with Gasteiger partial charge < -0.3 is 0 Å². The lowest BCUT2D eigenvalue weighted by Crippen LogP contribution is -2.26. The lowest BCUT2D eigenvalue weighted by molar-refractivity contribution is 0.0950. The molecule has 0 aliphatic heterocycles. The van der Waals surface area contributed by atoms with E-state index in [0.717, 1.165) is 18.6 Å². The summed E-state index contributed by atoms with van der Waals surface area (Å²) in [5.74, 6) is -0.440. The number of aromatic amines is 1. The van der Waals surface area contributed by atoms with Crippen molar-refractivity contribution in [2.45, 2.75) is 33.6 Å². The van der Waals surface area contributed by atoms with Crippen LogP contribution in [0.25, 0.3) is 10.8 Å². The molecule has 0 radical (unpaired) electrons. The Labute approximate surface area is 139 Å². The van der Waals surface area contributed by atoms with E-state index in [2.05, 4.69) is 41.5 Å². The van der Waals surface area contributed by atoms with Gasteiger partial charge in [-0.2, -0.15) is 10.2 Å². The van der Waals surface area contributed by atoms with Crippen LogP contribution in [0.1, 0.15) is 44.1 Å². The average molecular weight is 324 g/mol. The summed E-state index contributed by atoms with van der Waals surface area (Å²) in [6.07, 6.45) is 3.82. The summed E-state index contributed by atoms with van der Waals surface area (Å²) < 4.78 is 0. The normalized spacial score (nSPS) is 18.5. The van der Waals surface area contributed by atoms with Crippen molar-refractivity contribution in [2.75, 3.05) is 0 Å². The van der Waals surface area contributed by atoms with Gasteiger partial charge in [-0.1, -0.05) is 37.6 Å². The third-order valence-electron chi connectivity index (χ3n) is 4.04. The highest BCUT2D eigenvalue weighted by Gasteiger charge is 2.25. The number of nitrogens with zero attached hydrogens (tertiary/aromatic N) is 2. The van der Waals surface area contributed by atoms with Crippen molar-refractivity contribution in [2.24, 2.45) is 10.5 Å². The zero-order valence-corrected chi connectivity index (χ0v) is 14.0. The molecule has 24 heavy (non-hydrogen) atoms. The van der Waals surface area contributed by atoms with Crippen molar-refractivity contribution < 1.29 is 4.79 Å². The van der Waals surface area contributed by atoms with Gasteiger partial charge in [-0.05, 0) is 37.3 Å². The number of rotatable bonds is 2. The fourth-order valence-corrected chi connectivity index (χ4v) is 3.23. The first-order valence-corrected chi connectivity index (χ1v) is 7.87. The Bertz CT molecular complexity index is 922. The molecule has 1 aromatic carbocycles. The van der Waals surface area contributed by atoms with Crippen molar-refractivity contribution in [3.05, 3.63) is 52.0 Å². The van der Waals surface area contributed by atoms with Gasteiger partial charge in [0.15, 0.2) is 5.69 Å². The van der Waals surface area contributed by atoms with Gasteiger partial charge in [-0.15, -0.1) is 0 Å². The van der Waals surface area contributed by atoms with Crippen LogP contribution < -0.4 is 11.0 Å². The second kappa shape index (κ2) is 6.03. The Morgan fingerprint density at radius 1 is 1.25 bits per heavy atom. The van der Waals surface area contributed by atoms with Crippen LogP contribution in [0.15, 0.2) is 45.8 Å². The van der Waals surface area contributed by atoms with E-state index in [1.807, 2.05) is 6.08 Å². The van der Waals surface area contributed by atoms with E-state index in [1.54, 1.807) is 24.3 Å². The Hall–Kier alpha value is -2.76. The minimum absolute atomic E-state index is 0.130. The maximum Gasteiger partial charge on any atom is 0.292 e. The minimum Gasteiger partial charge on any atom is -0.267 e. The smallest absolute Gasteiger partial charge is 0.267 e. The van der Waals surface area contributed by atoms with Crippen LogP contribution in [0.3, 0.4) is 0 Å². The van der Waals surface area contributed by atoms with Gasteiger partial charge in [0.25, 0.3) is 11.5 Å². The quantitative estimate of drug-likeness (QED) is 0.833. The van der Waals surface area contributed by atoms with Gasteiger partial charge in [0.05, 0.1) is 11.1 Å². The molecule has 1 aliphatic rings. The highest BCUT2D eigenvalue weighted by atomic mass is 16.2. The number of hydrogen-bond donors (Lipinski definition) is 2. The number of carbonyl (C=O) groups excluding carboxylic acids is 1. The fraction of sp³-hybridized carbons (Fsp3) is 0.333. The zero-order valence-electron chi connectivity index (χ0n) is 14.0. The second-order valence-electron chi connectivity index (χ2n) is 7.00. The number of fused-ring (bicyclic) bond motifs is 1. The molecule has 0 saturated carbocycles. The van der Waals surface area contributed by atoms with Crippen LogP contribution in [-0.4, -0.2) is 21.8 Å². The molecule has 0 spiro atoms. The molecule has 0 fully saturated rings. The van der Waals surface area contributed by atoms with E-state index in [-0.39, 0.29) is 16.7 Å². The fourth-order valence-electron chi connectivity index (χ4n) is 3.23. The van der Waals surface area contributed by atoms with E-state index in [0.29, 0.717) is 10.8 Å². The summed E-state index contributed by atoms with van der Waals surface area (Å²) in [7, 11) is 0. The van der Waals surface area contributed by atoms with Crippen molar-refractivity contribution >= 4 is 22.4 Å². The number of amides is 1. The molecule has 6 nitrogen and oxygen atoms in total. The van der Waals surface area contributed by atoms with Gasteiger partial charge in [0, 0.05) is 5.39 Å². The SMILES string of the molecule is CC1=CC(=NNC(=O)c2n[nH]c(=O)c3ccccc23)CC(C)(C)C1. The molecule has 124 valence electrons. The number of nitrogens with one attached hydrogen (secondary N) is 2. The number of carbonyl (C=O) groups is 1. The lowest BCUT2D eigenvalue weighted by Gasteiger charge is -2.29. The van der Waals surface area contributed by atoms with Crippen molar-refractivity contribution in [3.63, 3.8) is 0 Å². The second-order valence-corrected chi connectivity index (χ2v) is 7.00. The highest BCUT2D eigenvalue weighted by Crippen LogP contribution is 2.33. The molecule has 2 N–H and O–H groups in total. The Morgan fingerprint density at radius 2 is 1.96 bits per heavy atom. The zero-order chi connectivity index (χ0) is 17.3. The predicted octanol–water partition coefficient (Wildman–Crippen LogP) is 2.78. The van der Waals surface area contributed by atoms with Crippen LogP contribution >= 0.6 is 0 Å². The molecular weight excluding hydrogens is 304 g/mol. The first-order chi connectivity index (χ1) is 11.4. The molecule has 0 saturated heterocycles. The Kier molecular flexibility index (Phi) is 4.05. The minimum atomic E-state index is -0.440. The van der Waals surface area contributed by atoms with E-state index >= 15 is 0 Å². The molecule has 0 atom stereocenters. The average Bonchev–Trinajstić information content (AvgIpc) is 2.51. The molecule has 1 heterocycles. The molecule has 1 aromatic heterocycles. The number of hydrazone groups is 1. The molecule has 2 aromatic rings. The van der Waals surface area contributed by atoms with E-state index in [4.69, 9.17) is 0 Å². The Morgan fingerprint density at radius 3 is 2.67 bits per heavy atom. The number of allylic oxidation sites excluding steroid dienone is 2. The monoisotopic (exact) mass is 324 g/mol. The number of H-pyrrole nitrogens is 1. The molecule has 1 aliphatic carbocycles. The molecule has 0 unspecified atom stereocenters. The molecule has 0 bridgehead atoms. The summed E-state index contributed by atoms with van der Waals surface area (Å²) in [5, 5.41) is 11.4. The van der Waals surface area contributed by atoms with Crippen LogP contribution in [-0.2, 0) is 0 Å². The third-order valence-corrected chi connectivity index (χ3v) is 4.04. The maximum absolute atomic E-state index is 12.4. The first-order valence-electron chi connectivity index (χ1n) is 7.87. The summed E-state index contributed by atoms with van der Waals surface area (Å²) in [4.78, 5) is 24.2. The van der Waals surface area contributed by atoms with E-state index in [9.17, 15) is 9.59 Å². The largest absolute Gasteiger partial charge is 0.292 e. The van der Waals surface area contributed by atoms with Crippen molar-refractivity contribution in [1.82, 2.24) is 15.6 Å². The first kappa shape index (κ1) is 16.1. The summed E-state index contributed by atoms with van der Waals surface area (Å²) in [5.41, 5.74) is 4.61. The number of aromatic nitrogens is 2. The topological polar surface area (TPSA) is 87.2 Å².